The van der Waals surface area contributed by atoms with E-state index in [1.807, 2.05) is 12.1 Å². The molecule has 8 heteroatoms. The van der Waals surface area contributed by atoms with E-state index in [9.17, 15) is 9.59 Å². The van der Waals surface area contributed by atoms with Crippen LogP contribution < -0.4 is 16.4 Å². The van der Waals surface area contributed by atoms with Crippen LogP contribution in [-0.4, -0.2) is 49.4 Å². The fraction of sp³-hybridized carbons (Fsp3) is 0.526. The van der Waals surface area contributed by atoms with E-state index in [-0.39, 0.29) is 36.4 Å². The van der Waals surface area contributed by atoms with Crippen molar-refractivity contribution in [2.45, 2.75) is 26.8 Å². The molecule has 1 heterocycles. The van der Waals surface area contributed by atoms with Crippen LogP contribution >= 0.6 is 24.0 Å². The van der Waals surface area contributed by atoms with Gasteiger partial charge in [-0.3, -0.25) is 14.6 Å². The number of nitrogens with one attached hydrogen (secondary N) is 2. The van der Waals surface area contributed by atoms with Crippen molar-refractivity contribution in [3.63, 3.8) is 0 Å². The molecule has 1 aliphatic rings. The molecule has 1 saturated heterocycles. The van der Waals surface area contributed by atoms with Gasteiger partial charge in [0.1, 0.15) is 0 Å². The molecule has 2 rings (SSSR count). The minimum Gasteiger partial charge on any atom is -0.368 e. The molecule has 150 valence electrons. The lowest BCUT2D eigenvalue weighted by atomic mass is 9.92. The number of nitrogens with zero attached hydrogens (tertiary/aromatic N) is 2. The van der Waals surface area contributed by atoms with E-state index in [0.29, 0.717) is 23.9 Å². The Kier molecular flexibility index (Phi) is 9.54. The summed E-state index contributed by atoms with van der Waals surface area (Å²) in [5, 5.41) is 5.87. The number of nitrogens with two attached hydrogens (primary N) is 1. The fourth-order valence-corrected chi connectivity index (χ4v) is 3.39. The molecule has 0 spiro atoms. The van der Waals surface area contributed by atoms with Gasteiger partial charge in [0.05, 0.1) is 6.54 Å². The third kappa shape index (κ3) is 7.36. The summed E-state index contributed by atoms with van der Waals surface area (Å²) in [7, 11) is 1.80. The number of halogens is 1. The summed E-state index contributed by atoms with van der Waals surface area (Å²) in [5.74, 6) is 1.36. The van der Waals surface area contributed by atoms with E-state index in [1.54, 1.807) is 19.2 Å². The van der Waals surface area contributed by atoms with E-state index < -0.39 is 5.91 Å². The second-order valence-electron chi connectivity index (χ2n) is 7.10. The van der Waals surface area contributed by atoms with Crippen LogP contribution in [0, 0.1) is 11.8 Å². The van der Waals surface area contributed by atoms with Crippen LogP contribution in [0.25, 0.3) is 0 Å². The number of guanidine groups is 1. The zero-order valence-electron chi connectivity index (χ0n) is 16.2. The zero-order chi connectivity index (χ0) is 19.1. The fourth-order valence-electron chi connectivity index (χ4n) is 3.39. The summed E-state index contributed by atoms with van der Waals surface area (Å²) in [6.07, 6.45) is 1.26. The molecular weight excluding hydrogens is 457 g/mol. The Morgan fingerprint density at radius 2 is 1.74 bits per heavy atom. The van der Waals surface area contributed by atoms with Crippen molar-refractivity contribution in [3.8, 4) is 0 Å². The third-order valence-electron chi connectivity index (χ3n) is 4.47. The predicted molar refractivity (Wildman–Crippen MR) is 118 cm³/mol. The summed E-state index contributed by atoms with van der Waals surface area (Å²) < 4.78 is 0. The zero-order valence-corrected chi connectivity index (χ0v) is 18.5. The van der Waals surface area contributed by atoms with E-state index in [2.05, 4.69) is 34.4 Å². The van der Waals surface area contributed by atoms with Crippen LogP contribution in [0.4, 0.5) is 0 Å². The third-order valence-corrected chi connectivity index (χ3v) is 4.47. The van der Waals surface area contributed by atoms with Crippen LogP contribution in [0.3, 0.4) is 0 Å². The van der Waals surface area contributed by atoms with E-state index in [1.165, 1.54) is 6.42 Å². The van der Waals surface area contributed by atoms with Gasteiger partial charge in [0.25, 0.3) is 5.91 Å². The molecule has 7 nitrogen and oxygen atoms in total. The van der Waals surface area contributed by atoms with Gasteiger partial charge < -0.3 is 21.3 Å². The second-order valence-corrected chi connectivity index (χ2v) is 7.10. The number of piperidine rings is 1. The first-order valence-corrected chi connectivity index (χ1v) is 9.00. The minimum atomic E-state index is -0.563. The lowest BCUT2D eigenvalue weighted by molar-refractivity contribution is -0.117. The molecule has 0 aromatic heterocycles. The highest BCUT2D eigenvalue weighted by atomic mass is 127. The molecule has 0 saturated carbocycles. The van der Waals surface area contributed by atoms with Crippen molar-refractivity contribution in [3.05, 3.63) is 35.4 Å². The van der Waals surface area contributed by atoms with Crippen molar-refractivity contribution >= 4 is 41.8 Å². The Balaban J connectivity index is 0.00000364. The highest BCUT2D eigenvalue weighted by Crippen LogP contribution is 2.20. The highest BCUT2D eigenvalue weighted by molar-refractivity contribution is 14.0. The van der Waals surface area contributed by atoms with Gasteiger partial charge in [0, 0.05) is 32.2 Å². The van der Waals surface area contributed by atoms with Gasteiger partial charge in [0.15, 0.2) is 5.96 Å². The molecule has 4 N–H and O–H groups in total. The molecule has 0 aliphatic carbocycles. The average Bonchev–Trinajstić information content (AvgIpc) is 2.60. The van der Waals surface area contributed by atoms with Gasteiger partial charge in [-0.2, -0.15) is 0 Å². The van der Waals surface area contributed by atoms with Gasteiger partial charge in [-0.15, -0.1) is 24.0 Å². The Morgan fingerprint density at radius 1 is 1.15 bits per heavy atom. The number of rotatable bonds is 5. The van der Waals surface area contributed by atoms with Crippen LogP contribution in [0.2, 0.25) is 0 Å². The lowest BCUT2D eigenvalue weighted by Crippen LogP contribution is -2.48. The molecule has 0 bridgehead atoms. The largest absolute Gasteiger partial charge is 0.368 e. The first-order chi connectivity index (χ1) is 12.4. The minimum absolute atomic E-state index is 0. The standard InChI is InChI=1S/C19H29N5O2.HI/c1-13-8-14(2)12-24(11-13)19(21-3)23-9-15-4-6-16(7-5-15)18(26)22-10-17(20)25;/h4-7,13-14H,8-12H2,1-3H3,(H2,20,25)(H,21,23)(H,22,26);1H. The number of aliphatic imine (C=N–C) groups is 1. The molecule has 27 heavy (non-hydrogen) atoms. The van der Waals surface area contributed by atoms with Crippen molar-refractivity contribution in [2.75, 3.05) is 26.7 Å². The van der Waals surface area contributed by atoms with Crippen LogP contribution in [0.15, 0.2) is 29.3 Å². The van der Waals surface area contributed by atoms with Gasteiger partial charge in [-0.05, 0) is 36.0 Å². The maximum Gasteiger partial charge on any atom is 0.251 e. The van der Waals surface area contributed by atoms with Gasteiger partial charge in [-0.1, -0.05) is 26.0 Å². The van der Waals surface area contributed by atoms with Crippen LogP contribution in [0.5, 0.6) is 0 Å². The monoisotopic (exact) mass is 487 g/mol. The summed E-state index contributed by atoms with van der Waals surface area (Å²) in [4.78, 5) is 29.3. The smallest absolute Gasteiger partial charge is 0.251 e. The maximum atomic E-state index is 11.9. The summed E-state index contributed by atoms with van der Waals surface area (Å²) in [5.41, 5.74) is 6.58. The number of hydrogen-bond acceptors (Lipinski definition) is 3. The topological polar surface area (TPSA) is 99.8 Å². The Bertz CT molecular complexity index is 653. The highest BCUT2D eigenvalue weighted by Gasteiger charge is 2.23. The Hall–Kier alpha value is -1.84. The maximum absolute atomic E-state index is 11.9. The number of carbonyl (C=O) groups excluding carboxylic acids is 2. The number of primary amides is 1. The predicted octanol–water partition coefficient (Wildman–Crippen LogP) is 1.57. The van der Waals surface area contributed by atoms with Crippen LogP contribution in [0.1, 0.15) is 36.2 Å². The summed E-state index contributed by atoms with van der Waals surface area (Å²) in [6, 6.07) is 7.25. The number of likely N-dealkylation sites (tertiary alicyclic amines) is 1. The van der Waals surface area contributed by atoms with Gasteiger partial charge in [0.2, 0.25) is 5.91 Å². The molecular formula is C19H30IN5O2. The van der Waals surface area contributed by atoms with Gasteiger partial charge >= 0.3 is 0 Å². The molecule has 2 amide bonds. The number of hydrogen-bond donors (Lipinski definition) is 3. The Labute approximate surface area is 178 Å². The number of amides is 2. The summed E-state index contributed by atoms with van der Waals surface area (Å²) >= 11 is 0. The molecule has 1 aromatic carbocycles. The average molecular weight is 487 g/mol. The lowest BCUT2D eigenvalue weighted by Gasteiger charge is -2.37. The molecule has 1 fully saturated rings. The first kappa shape index (κ1) is 23.2. The van der Waals surface area contributed by atoms with Crippen molar-refractivity contribution in [1.82, 2.24) is 15.5 Å². The molecule has 0 radical (unpaired) electrons. The normalized spacial score (nSPS) is 19.8. The molecule has 2 unspecified atom stereocenters. The van der Waals surface area contributed by atoms with Gasteiger partial charge in [-0.25, -0.2) is 0 Å². The first-order valence-electron chi connectivity index (χ1n) is 9.00. The van der Waals surface area contributed by atoms with E-state index in [4.69, 9.17) is 5.73 Å². The van der Waals surface area contributed by atoms with Crippen LogP contribution in [-0.2, 0) is 11.3 Å². The van der Waals surface area contributed by atoms with E-state index >= 15 is 0 Å². The molecule has 1 aromatic rings. The van der Waals surface area contributed by atoms with E-state index in [0.717, 1.165) is 24.6 Å². The number of benzene rings is 1. The number of carbonyl (C=O) groups is 2. The quantitative estimate of drug-likeness (QED) is 0.334. The second kappa shape index (κ2) is 11.1. The molecule has 2 atom stereocenters. The molecule has 1 aliphatic heterocycles. The van der Waals surface area contributed by atoms with Crippen molar-refractivity contribution < 1.29 is 9.59 Å². The summed E-state index contributed by atoms with van der Waals surface area (Å²) in [6.45, 7) is 7.06. The van der Waals surface area contributed by atoms with Crippen molar-refractivity contribution in [1.29, 1.82) is 0 Å². The van der Waals surface area contributed by atoms with Crippen molar-refractivity contribution in [2.24, 2.45) is 22.6 Å². The Morgan fingerprint density at radius 3 is 2.26 bits per heavy atom. The SMILES string of the molecule is CN=C(NCc1ccc(C(=O)NCC(N)=O)cc1)N1CC(C)CC(C)C1.I.